The molecule has 0 saturated heterocycles. The Morgan fingerprint density at radius 3 is 2.47 bits per heavy atom. The van der Waals surface area contributed by atoms with Crippen LogP contribution in [0.2, 0.25) is 0 Å². The molecule has 4 nitrogen and oxygen atoms in total. The van der Waals surface area contributed by atoms with Gasteiger partial charge in [0, 0.05) is 38.3 Å². The molecule has 0 unspecified atom stereocenters. The standard InChI is InChI=1S/C11H15N3O/c1-14(11-12-7-2-8-13-11)9-3-5-10(15)6-4-9/h2,7-9H,3-6H2,1H3. The molecule has 1 fully saturated rings. The van der Waals surface area contributed by atoms with Crippen LogP contribution in [0.1, 0.15) is 25.7 Å². The lowest BCUT2D eigenvalue weighted by Crippen LogP contribution is -2.36. The Kier molecular flexibility index (Phi) is 2.94. The highest BCUT2D eigenvalue weighted by atomic mass is 16.1. The van der Waals surface area contributed by atoms with Crippen molar-refractivity contribution in [1.29, 1.82) is 0 Å². The Morgan fingerprint density at radius 2 is 1.87 bits per heavy atom. The molecule has 1 aliphatic rings. The number of ketones is 1. The van der Waals surface area contributed by atoms with Crippen LogP contribution in [-0.2, 0) is 4.79 Å². The van der Waals surface area contributed by atoms with Gasteiger partial charge in [-0.15, -0.1) is 0 Å². The van der Waals surface area contributed by atoms with E-state index >= 15 is 0 Å². The predicted molar refractivity (Wildman–Crippen MR) is 57.7 cm³/mol. The average Bonchev–Trinajstić information content (AvgIpc) is 2.30. The van der Waals surface area contributed by atoms with E-state index in [-0.39, 0.29) is 0 Å². The molecule has 80 valence electrons. The molecule has 15 heavy (non-hydrogen) atoms. The van der Waals surface area contributed by atoms with Crippen molar-refractivity contribution in [3.05, 3.63) is 18.5 Å². The van der Waals surface area contributed by atoms with Gasteiger partial charge >= 0.3 is 0 Å². The largest absolute Gasteiger partial charge is 0.341 e. The summed E-state index contributed by atoms with van der Waals surface area (Å²) in [7, 11) is 2.00. The number of aromatic nitrogens is 2. The monoisotopic (exact) mass is 205 g/mol. The second-order valence-electron chi connectivity index (χ2n) is 3.93. The Morgan fingerprint density at radius 1 is 1.27 bits per heavy atom. The smallest absolute Gasteiger partial charge is 0.225 e. The van der Waals surface area contributed by atoms with E-state index in [4.69, 9.17) is 0 Å². The number of rotatable bonds is 2. The lowest BCUT2D eigenvalue weighted by Gasteiger charge is -2.30. The number of anilines is 1. The molecule has 0 aliphatic heterocycles. The topological polar surface area (TPSA) is 46.1 Å². The predicted octanol–water partition coefficient (Wildman–Crippen LogP) is 1.42. The van der Waals surface area contributed by atoms with Gasteiger partial charge in [-0.05, 0) is 18.9 Å². The maximum Gasteiger partial charge on any atom is 0.225 e. The van der Waals surface area contributed by atoms with Crippen LogP contribution in [0, 0.1) is 0 Å². The Balaban J connectivity index is 2.02. The van der Waals surface area contributed by atoms with Crippen LogP contribution in [0.15, 0.2) is 18.5 Å². The van der Waals surface area contributed by atoms with Gasteiger partial charge in [-0.1, -0.05) is 0 Å². The number of Topliss-reactive ketones (excluding diaryl/α,β-unsaturated/α-hetero) is 1. The second kappa shape index (κ2) is 4.38. The Hall–Kier alpha value is -1.45. The number of hydrogen-bond acceptors (Lipinski definition) is 4. The van der Waals surface area contributed by atoms with E-state index in [1.54, 1.807) is 12.4 Å². The van der Waals surface area contributed by atoms with Crippen LogP contribution in [0.25, 0.3) is 0 Å². The molecule has 1 saturated carbocycles. The average molecular weight is 205 g/mol. The van der Waals surface area contributed by atoms with Gasteiger partial charge in [0.05, 0.1) is 0 Å². The van der Waals surface area contributed by atoms with Gasteiger partial charge in [0.25, 0.3) is 0 Å². The van der Waals surface area contributed by atoms with E-state index in [1.165, 1.54) is 0 Å². The highest BCUT2D eigenvalue weighted by molar-refractivity contribution is 5.79. The summed E-state index contributed by atoms with van der Waals surface area (Å²) >= 11 is 0. The zero-order valence-corrected chi connectivity index (χ0v) is 8.89. The van der Waals surface area contributed by atoms with E-state index in [0.29, 0.717) is 24.7 Å². The minimum Gasteiger partial charge on any atom is -0.341 e. The molecule has 1 aliphatic carbocycles. The van der Waals surface area contributed by atoms with Crippen LogP contribution in [-0.4, -0.2) is 28.8 Å². The summed E-state index contributed by atoms with van der Waals surface area (Å²) in [4.78, 5) is 21.6. The fraction of sp³-hybridized carbons (Fsp3) is 0.545. The molecule has 0 radical (unpaired) electrons. The minimum atomic E-state index is 0.383. The first kappa shape index (κ1) is 10.1. The van der Waals surface area contributed by atoms with Crippen molar-refractivity contribution in [2.45, 2.75) is 31.7 Å². The maximum atomic E-state index is 11.1. The summed E-state index contributed by atoms with van der Waals surface area (Å²) < 4.78 is 0. The van der Waals surface area contributed by atoms with Crippen molar-refractivity contribution in [3.63, 3.8) is 0 Å². The summed E-state index contributed by atoms with van der Waals surface area (Å²) in [5.74, 6) is 1.13. The van der Waals surface area contributed by atoms with E-state index in [2.05, 4.69) is 14.9 Å². The zero-order chi connectivity index (χ0) is 10.7. The van der Waals surface area contributed by atoms with Crippen LogP contribution >= 0.6 is 0 Å². The molecular weight excluding hydrogens is 190 g/mol. The first-order chi connectivity index (χ1) is 7.27. The third kappa shape index (κ3) is 2.32. The van der Waals surface area contributed by atoms with E-state index in [0.717, 1.165) is 18.8 Å². The summed E-state index contributed by atoms with van der Waals surface area (Å²) in [6.07, 6.45) is 6.73. The molecular formula is C11H15N3O. The number of carbonyl (C=O) groups is 1. The highest BCUT2D eigenvalue weighted by Crippen LogP contribution is 2.21. The van der Waals surface area contributed by atoms with Crippen LogP contribution in [0.5, 0.6) is 0 Å². The van der Waals surface area contributed by atoms with Gasteiger partial charge in [-0.25, -0.2) is 9.97 Å². The SMILES string of the molecule is CN(c1ncccn1)C1CCC(=O)CC1. The minimum absolute atomic E-state index is 0.383. The molecule has 0 aromatic carbocycles. The lowest BCUT2D eigenvalue weighted by molar-refractivity contribution is -0.120. The second-order valence-corrected chi connectivity index (χ2v) is 3.93. The van der Waals surface area contributed by atoms with Crippen molar-refractivity contribution in [3.8, 4) is 0 Å². The fourth-order valence-corrected chi connectivity index (χ4v) is 1.95. The summed E-state index contributed by atoms with van der Waals surface area (Å²) in [5.41, 5.74) is 0. The third-order valence-electron chi connectivity index (χ3n) is 2.93. The molecule has 1 heterocycles. The lowest BCUT2D eigenvalue weighted by atomic mass is 9.94. The number of nitrogens with zero attached hydrogens (tertiary/aromatic N) is 3. The number of carbonyl (C=O) groups excluding carboxylic acids is 1. The van der Waals surface area contributed by atoms with Crippen LogP contribution in [0.3, 0.4) is 0 Å². The summed E-state index contributed by atoms with van der Waals surface area (Å²) in [6.45, 7) is 0. The first-order valence-corrected chi connectivity index (χ1v) is 5.29. The van der Waals surface area contributed by atoms with Crippen molar-refractivity contribution in [2.75, 3.05) is 11.9 Å². The van der Waals surface area contributed by atoms with Gasteiger partial charge in [-0.3, -0.25) is 4.79 Å². The van der Waals surface area contributed by atoms with Crippen LogP contribution < -0.4 is 4.90 Å². The maximum absolute atomic E-state index is 11.1. The van der Waals surface area contributed by atoms with Crippen molar-refractivity contribution in [2.24, 2.45) is 0 Å². The Bertz CT molecular complexity index is 329. The molecule has 4 heteroatoms. The molecule has 2 rings (SSSR count). The molecule has 0 atom stereocenters. The van der Waals surface area contributed by atoms with E-state index < -0.39 is 0 Å². The highest BCUT2D eigenvalue weighted by Gasteiger charge is 2.23. The summed E-state index contributed by atoms with van der Waals surface area (Å²) in [6, 6.07) is 2.21. The molecule has 0 bridgehead atoms. The molecule has 1 aromatic rings. The van der Waals surface area contributed by atoms with E-state index in [1.807, 2.05) is 13.1 Å². The number of hydrogen-bond donors (Lipinski definition) is 0. The first-order valence-electron chi connectivity index (χ1n) is 5.29. The Labute approximate surface area is 89.3 Å². The van der Waals surface area contributed by atoms with Crippen molar-refractivity contribution >= 4 is 11.7 Å². The fourth-order valence-electron chi connectivity index (χ4n) is 1.95. The normalized spacial score (nSPS) is 17.8. The van der Waals surface area contributed by atoms with Crippen molar-refractivity contribution < 1.29 is 4.79 Å². The van der Waals surface area contributed by atoms with Gasteiger partial charge in [-0.2, -0.15) is 0 Å². The third-order valence-corrected chi connectivity index (χ3v) is 2.93. The van der Waals surface area contributed by atoms with Gasteiger partial charge in [0.1, 0.15) is 5.78 Å². The molecule has 0 amide bonds. The zero-order valence-electron chi connectivity index (χ0n) is 8.89. The van der Waals surface area contributed by atoms with E-state index in [9.17, 15) is 4.79 Å². The molecule has 0 spiro atoms. The van der Waals surface area contributed by atoms with Gasteiger partial charge in [0.2, 0.25) is 5.95 Å². The molecule has 0 N–H and O–H groups in total. The summed E-state index contributed by atoms with van der Waals surface area (Å²) in [5, 5.41) is 0. The van der Waals surface area contributed by atoms with Gasteiger partial charge < -0.3 is 4.90 Å². The molecule has 1 aromatic heterocycles. The quantitative estimate of drug-likeness (QED) is 0.732. The van der Waals surface area contributed by atoms with Crippen molar-refractivity contribution in [1.82, 2.24) is 9.97 Å². The van der Waals surface area contributed by atoms with Gasteiger partial charge in [0.15, 0.2) is 0 Å². The van der Waals surface area contributed by atoms with Crippen LogP contribution in [0.4, 0.5) is 5.95 Å².